The minimum absolute atomic E-state index is 0.594. The zero-order chi connectivity index (χ0) is 13.8. The average molecular weight is 254 g/mol. The molecule has 0 aromatic heterocycles. The van der Waals surface area contributed by atoms with Crippen LogP contribution in [-0.2, 0) is 0 Å². The molecule has 98 valence electrons. The molecule has 0 aliphatic rings. The Morgan fingerprint density at radius 1 is 1.00 bits per heavy atom. The maximum Gasteiger partial charge on any atom is 0.142 e. The van der Waals surface area contributed by atoms with Crippen molar-refractivity contribution in [1.82, 2.24) is 0 Å². The van der Waals surface area contributed by atoms with Crippen molar-refractivity contribution in [3.05, 3.63) is 53.1 Å². The molecule has 2 aromatic rings. The van der Waals surface area contributed by atoms with Gasteiger partial charge in [0.05, 0.1) is 12.8 Å². The number of benzene rings is 2. The Bertz CT molecular complexity index is 604. The summed E-state index contributed by atoms with van der Waals surface area (Å²) in [6.07, 6.45) is 3.99. The topological polar surface area (TPSA) is 61.3 Å². The van der Waals surface area contributed by atoms with E-state index < -0.39 is 0 Å². The van der Waals surface area contributed by atoms with E-state index in [1.807, 2.05) is 55.5 Å². The van der Waals surface area contributed by atoms with Gasteiger partial charge in [-0.25, -0.2) is 0 Å². The third kappa shape index (κ3) is 2.71. The van der Waals surface area contributed by atoms with E-state index in [0.29, 0.717) is 17.1 Å². The first-order chi connectivity index (χ1) is 9.13. The molecule has 0 spiro atoms. The van der Waals surface area contributed by atoms with Crippen molar-refractivity contribution in [3.8, 4) is 5.75 Å². The SMILES string of the molecule is COc1cc(C=Cc2ccccc2)c(N)c(C)c1N. The summed E-state index contributed by atoms with van der Waals surface area (Å²) in [5.74, 6) is 0.652. The number of anilines is 2. The van der Waals surface area contributed by atoms with Crippen LogP contribution in [0.1, 0.15) is 16.7 Å². The van der Waals surface area contributed by atoms with Crippen LogP contribution in [0.15, 0.2) is 36.4 Å². The minimum Gasteiger partial charge on any atom is -0.495 e. The fraction of sp³-hybridized carbons (Fsp3) is 0.125. The van der Waals surface area contributed by atoms with E-state index in [4.69, 9.17) is 16.2 Å². The standard InChI is InChI=1S/C16H18N2O/c1-11-15(17)13(10-14(19-2)16(11)18)9-8-12-6-4-3-5-7-12/h3-10H,17-18H2,1-2H3. The number of hydrogen-bond donors (Lipinski definition) is 2. The van der Waals surface area contributed by atoms with Crippen LogP contribution >= 0.6 is 0 Å². The molecule has 0 radical (unpaired) electrons. The van der Waals surface area contributed by atoms with E-state index in [-0.39, 0.29) is 0 Å². The maximum absolute atomic E-state index is 6.08. The molecule has 0 atom stereocenters. The summed E-state index contributed by atoms with van der Waals surface area (Å²) in [6.45, 7) is 1.90. The molecule has 0 amide bonds. The highest BCUT2D eigenvalue weighted by molar-refractivity contribution is 5.82. The van der Waals surface area contributed by atoms with Crippen molar-refractivity contribution >= 4 is 23.5 Å². The van der Waals surface area contributed by atoms with Crippen molar-refractivity contribution in [2.45, 2.75) is 6.92 Å². The van der Waals surface area contributed by atoms with Gasteiger partial charge in [-0.1, -0.05) is 42.5 Å². The molecule has 0 aliphatic carbocycles. The van der Waals surface area contributed by atoms with Crippen LogP contribution in [0.4, 0.5) is 11.4 Å². The summed E-state index contributed by atoms with van der Waals surface area (Å²) in [6, 6.07) is 11.9. The lowest BCUT2D eigenvalue weighted by Gasteiger charge is -2.12. The molecule has 0 aliphatic heterocycles. The number of nitrogen functional groups attached to an aromatic ring is 2. The number of ether oxygens (including phenoxy) is 1. The summed E-state index contributed by atoms with van der Waals surface area (Å²) >= 11 is 0. The molecule has 4 N–H and O–H groups in total. The van der Waals surface area contributed by atoms with Gasteiger partial charge in [-0.05, 0) is 24.1 Å². The molecule has 0 bridgehead atoms. The van der Waals surface area contributed by atoms with Crippen molar-refractivity contribution in [2.24, 2.45) is 0 Å². The number of hydrogen-bond acceptors (Lipinski definition) is 3. The van der Waals surface area contributed by atoms with Gasteiger partial charge in [0.15, 0.2) is 0 Å². The molecule has 0 saturated heterocycles. The van der Waals surface area contributed by atoms with Crippen LogP contribution in [0, 0.1) is 6.92 Å². The Labute approximate surface area is 113 Å². The van der Waals surface area contributed by atoms with Crippen LogP contribution in [0.25, 0.3) is 12.2 Å². The highest BCUT2D eigenvalue weighted by Gasteiger charge is 2.09. The molecule has 19 heavy (non-hydrogen) atoms. The summed E-state index contributed by atoms with van der Waals surface area (Å²) in [7, 11) is 1.60. The predicted molar refractivity (Wildman–Crippen MR) is 81.9 cm³/mol. The molecule has 0 saturated carbocycles. The molecule has 0 heterocycles. The van der Waals surface area contributed by atoms with Gasteiger partial charge >= 0.3 is 0 Å². The minimum atomic E-state index is 0.594. The maximum atomic E-state index is 6.08. The quantitative estimate of drug-likeness (QED) is 0.652. The normalized spacial score (nSPS) is 10.8. The van der Waals surface area contributed by atoms with Crippen LogP contribution in [0.5, 0.6) is 5.75 Å². The van der Waals surface area contributed by atoms with Crippen LogP contribution < -0.4 is 16.2 Å². The zero-order valence-electron chi connectivity index (χ0n) is 11.2. The zero-order valence-corrected chi connectivity index (χ0v) is 11.2. The van der Waals surface area contributed by atoms with E-state index in [2.05, 4.69) is 0 Å². The number of nitrogens with two attached hydrogens (primary N) is 2. The Balaban J connectivity index is 2.41. The lowest BCUT2D eigenvalue weighted by atomic mass is 10.0. The molecular weight excluding hydrogens is 236 g/mol. The summed E-state index contributed by atoms with van der Waals surface area (Å²) in [4.78, 5) is 0. The third-order valence-electron chi connectivity index (χ3n) is 3.15. The number of rotatable bonds is 3. The highest BCUT2D eigenvalue weighted by atomic mass is 16.5. The Kier molecular flexibility index (Phi) is 3.76. The molecule has 2 rings (SSSR count). The molecule has 3 nitrogen and oxygen atoms in total. The molecule has 0 unspecified atom stereocenters. The van der Waals surface area contributed by atoms with E-state index in [1.165, 1.54) is 0 Å². The number of methoxy groups -OCH3 is 1. The van der Waals surface area contributed by atoms with Gasteiger partial charge in [0.1, 0.15) is 5.75 Å². The molecular formula is C16H18N2O. The fourth-order valence-electron chi connectivity index (χ4n) is 1.90. The van der Waals surface area contributed by atoms with Crippen molar-refractivity contribution in [2.75, 3.05) is 18.6 Å². The summed E-state index contributed by atoms with van der Waals surface area (Å²) in [5, 5.41) is 0. The second kappa shape index (κ2) is 5.48. The summed E-state index contributed by atoms with van der Waals surface area (Å²) in [5.41, 5.74) is 16.2. The van der Waals surface area contributed by atoms with Crippen LogP contribution in [0.3, 0.4) is 0 Å². The Morgan fingerprint density at radius 3 is 2.32 bits per heavy atom. The van der Waals surface area contributed by atoms with Gasteiger partial charge in [-0.15, -0.1) is 0 Å². The van der Waals surface area contributed by atoms with Crippen molar-refractivity contribution in [3.63, 3.8) is 0 Å². The first kappa shape index (κ1) is 13.0. The average Bonchev–Trinajstić information content (AvgIpc) is 2.45. The van der Waals surface area contributed by atoms with Gasteiger partial charge in [-0.3, -0.25) is 0 Å². The second-order valence-corrected chi connectivity index (χ2v) is 4.36. The smallest absolute Gasteiger partial charge is 0.142 e. The van der Waals surface area contributed by atoms with Crippen molar-refractivity contribution < 1.29 is 4.74 Å². The first-order valence-electron chi connectivity index (χ1n) is 6.09. The summed E-state index contributed by atoms with van der Waals surface area (Å²) < 4.78 is 5.26. The second-order valence-electron chi connectivity index (χ2n) is 4.36. The van der Waals surface area contributed by atoms with Gasteiger partial charge in [0, 0.05) is 11.3 Å². The van der Waals surface area contributed by atoms with E-state index in [1.54, 1.807) is 7.11 Å². The Hall–Kier alpha value is -2.42. The molecule has 3 heteroatoms. The largest absolute Gasteiger partial charge is 0.495 e. The monoisotopic (exact) mass is 254 g/mol. The molecule has 2 aromatic carbocycles. The van der Waals surface area contributed by atoms with Crippen molar-refractivity contribution in [1.29, 1.82) is 0 Å². The molecule has 0 fully saturated rings. The highest BCUT2D eigenvalue weighted by Crippen LogP contribution is 2.33. The fourth-order valence-corrected chi connectivity index (χ4v) is 1.90. The lowest BCUT2D eigenvalue weighted by molar-refractivity contribution is 0.416. The van der Waals surface area contributed by atoms with Crippen LogP contribution in [0.2, 0.25) is 0 Å². The Morgan fingerprint density at radius 2 is 1.68 bits per heavy atom. The van der Waals surface area contributed by atoms with Gasteiger partial charge in [0.25, 0.3) is 0 Å². The first-order valence-corrected chi connectivity index (χ1v) is 6.09. The van der Waals surface area contributed by atoms with Gasteiger partial charge in [0.2, 0.25) is 0 Å². The predicted octanol–water partition coefficient (Wildman–Crippen LogP) is 3.34. The van der Waals surface area contributed by atoms with Gasteiger partial charge in [-0.2, -0.15) is 0 Å². The third-order valence-corrected chi connectivity index (χ3v) is 3.15. The lowest BCUT2D eigenvalue weighted by Crippen LogP contribution is -2.01. The van der Waals surface area contributed by atoms with E-state index in [0.717, 1.165) is 16.7 Å². The van der Waals surface area contributed by atoms with E-state index in [9.17, 15) is 0 Å². The van der Waals surface area contributed by atoms with Gasteiger partial charge < -0.3 is 16.2 Å². The van der Waals surface area contributed by atoms with E-state index >= 15 is 0 Å². The van der Waals surface area contributed by atoms with Crippen LogP contribution in [-0.4, -0.2) is 7.11 Å².